The van der Waals surface area contributed by atoms with E-state index in [0.29, 0.717) is 6.04 Å². The Morgan fingerprint density at radius 2 is 1.94 bits per heavy atom. The Bertz CT molecular complexity index is 320. The molecule has 1 unspecified atom stereocenters. The van der Waals surface area contributed by atoms with Crippen molar-refractivity contribution in [2.45, 2.75) is 52.7 Å². The zero-order valence-corrected chi connectivity index (χ0v) is 11.5. The summed E-state index contributed by atoms with van der Waals surface area (Å²) in [4.78, 5) is 0. The molecule has 0 aliphatic rings. The van der Waals surface area contributed by atoms with Crippen molar-refractivity contribution in [1.29, 1.82) is 0 Å². The molecule has 1 rings (SSSR count). The average Bonchev–Trinajstić information content (AvgIpc) is 2.30. The van der Waals surface area contributed by atoms with Crippen LogP contribution in [0.15, 0.2) is 24.3 Å². The van der Waals surface area contributed by atoms with Crippen LogP contribution in [0, 0.1) is 6.92 Å². The molecule has 0 heterocycles. The van der Waals surface area contributed by atoms with E-state index in [1.807, 2.05) is 12.1 Å². The van der Waals surface area contributed by atoms with E-state index in [-0.39, 0.29) is 6.10 Å². The highest BCUT2D eigenvalue weighted by atomic mass is 16.5. The normalized spacial score (nSPS) is 12.8. The minimum absolute atomic E-state index is 0.206. The number of hydrogen-bond acceptors (Lipinski definition) is 2. The van der Waals surface area contributed by atoms with E-state index in [1.165, 1.54) is 18.4 Å². The van der Waals surface area contributed by atoms with Gasteiger partial charge >= 0.3 is 0 Å². The fourth-order valence-corrected chi connectivity index (χ4v) is 1.87. The summed E-state index contributed by atoms with van der Waals surface area (Å²) in [6.45, 7) is 9.53. The van der Waals surface area contributed by atoms with E-state index in [4.69, 9.17) is 4.74 Å². The average molecular weight is 235 g/mol. The van der Waals surface area contributed by atoms with Gasteiger partial charge in [0.25, 0.3) is 0 Å². The van der Waals surface area contributed by atoms with E-state index >= 15 is 0 Å². The largest absolute Gasteiger partial charge is 0.489 e. The summed E-state index contributed by atoms with van der Waals surface area (Å²) < 4.78 is 5.87. The summed E-state index contributed by atoms with van der Waals surface area (Å²) in [5.41, 5.74) is 1.24. The molecule has 0 saturated carbocycles. The summed E-state index contributed by atoms with van der Waals surface area (Å²) in [6, 6.07) is 8.82. The maximum absolute atomic E-state index is 5.87. The van der Waals surface area contributed by atoms with Crippen LogP contribution in [0.3, 0.4) is 0 Å². The Labute approximate surface area is 105 Å². The number of aryl methyl sites for hydroxylation is 1. The lowest BCUT2D eigenvalue weighted by Crippen LogP contribution is -2.36. The van der Waals surface area contributed by atoms with Gasteiger partial charge in [0, 0.05) is 12.6 Å². The molecule has 0 saturated heterocycles. The second-order valence-electron chi connectivity index (χ2n) is 4.67. The second-order valence-corrected chi connectivity index (χ2v) is 4.67. The molecule has 0 aromatic heterocycles. The Morgan fingerprint density at radius 1 is 1.24 bits per heavy atom. The van der Waals surface area contributed by atoms with Gasteiger partial charge in [-0.1, -0.05) is 26.0 Å². The lowest BCUT2D eigenvalue weighted by Gasteiger charge is -2.20. The Morgan fingerprint density at radius 3 is 2.53 bits per heavy atom. The number of benzene rings is 1. The summed E-state index contributed by atoms with van der Waals surface area (Å²) in [5.74, 6) is 0.962. The number of rotatable bonds is 7. The third-order valence-electron chi connectivity index (χ3n) is 3.01. The minimum atomic E-state index is 0.206. The molecule has 0 spiro atoms. The molecule has 0 aliphatic carbocycles. The van der Waals surface area contributed by atoms with Crippen LogP contribution >= 0.6 is 0 Å². The van der Waals surface area contributed by atoms with Gasteiger partial charge in [0.1, 0.15) is 11.9 Å². The first-order valence-corrected chi connectivity index (χ1v) is 6.62. The van der Waals surface area contributed by atoms with Crippen LogP contribution in [-0.4, -0.2) is 18.7 Å². The number of ether oxygens (including phenoxy) is 1. The summed E-state index contributed by atoms with van der Waals surface area (Å²) in [5, 5.41) is 3.53. The SMILES string of the molecule is CCC(CC)NCC(C)Oc1cccc(C)c1. The molecule has 96 valence electrons. The quantitative estimate of drug-likeness (QED) is 0.780. The maximum Gasteiger partial charge on any atom is 0.120 e. The highest BCUT2D eigenvalue weighted by Crippen LogP contribution is 2.14. The fraction of sp³-hybridized carbons (Fsp3) is 0.600. The van der Waals surface area contributed by atoms with Crippen molar-refractivity contribution in [3.8, 4) is 5.75 Å². The van der Waals surface area contributed by atoms with E-state index < -0.39 is 0 Å². The van der Waals surface area contributed by atoms with Crippen LogP contribution in [0.25, 0.3) is 0 Å². The lowest BCUT2D eigenvalue weighted by molar-refractivity contribution is 0.210. The van der Waals surface area contributed by atoms with Crippen LogP contribution in [0.1, 0.15) is 39.2 Å². The molecule has 2 heteroatoms. The summed E-state index contributed by atoms with van der Waals surface area (Å²) >= 11 is 0. The van der Waals surface area contributed by atoms with Crippen molar-refractivity contribution in [2.75, 3.05) is 6.54 Å². The molecule has 0 aliphatic heterocycles. The zero-order valence-electron chi connectivity index (χ0n) is 11.5. The predicted octanol–water partition coefficient (Wildman–Crippen LogP) is 3.54. The molecule has 0 bridgehead atoms. The van der Waals surface area contributed by atoms with Crippen LogP contribution in [0.2, 0.25) is 0 Å². The molecular formula is C15H25NO. The molecule has 0 amide bonds. The molecule has 0 fully saturated rings. The van der Waals surface area contributed by atoms with Crippen LogP contribution < -0.4 is 10.1 Å². The van der Waals surface area contributed by atoms with E-state index in [0.717, 1.165) is 12.3 Å². The standard InChI is InChI=1S/C15H25NO/c1-5-14(6-2)16-11-13(4)17-15-9-7-8-12(3)10-15/h7-10,13-14,16H,5-6,11H2,1-4H3. The maximum atomic E-state index is 5.87. The van der Waals surface area contributed by atoms with E-state index in [1.54, 1.807) is 0 Å². The molecule has 1 atom stereocenters. The van der Waals surface area contributed by atoms with Gasteiger partial charge in [-0.25, -0.2) is 0 Å². The van der Waals surface area contributed by atoms with Crippen molar-refractivity contribution in [2.24, 2.45) is 0 Å². The molecule has 2 nitrogen and oxygen atoms in total. The lowest BCUT2D eigenvalue weighted by atomic mass is 10.1. The first kappa shape index (κ1) is 14.0. The van der Waals surface area contributed by atoms with Gasteiger partial charge in [-0.2, -0.15) is 0 Å². The van der Waals surface area contributed by atoms with Gasteiger partial charge in [0.15, 0.2) is 0 Å². The molecule has 1 aromatic carbocycles. The molecule has 17 heavy (non-hydrogen) atoms. The first-order valence-electron chi connectivity index (χ1n) is 6.62. The van der Waals surface area contributed by atoms with Gasteiger partial charge in [-0.05, 0) is 44.4 Å². The van der Waals surface area contributed by atoms with Crippen molar-refractivity contribution < 1.29 is 4.74 Å². The molecule has 0 radical (unpaired) electrons. The van der Waals surface area contributed by atoms with Gasteiger partial charge in [-0.3, -0.25) is 0 Å². The van der Waals surface area contributed by atoms with Crippen molar-refractivity contribution >= 4 is 0 Å². The van der Waals surface area contributed by atoms with Crippen LogP contribution in [0.5, 0.6) is 5.75 Å². The van der Waals surface area contributed by atoms with Crippen LogP contribution in [-0.2, 0) is 0 Å². The molecule has 1 N–H and O–H groups in total. The highest BCUT2D eigenvalue weighted by molar-refractivity contribution is 5.27. The molecular weight excluding hydrogens is 210 g/mol. The molecule has 1 aromatic rings. The van der Waals surface area contributed by atoms with Gasteiger partial charge in [0.05, 0.1) is 0 Å². The predicted molar refractivity (Wildman–Crippen MR) is 73.6 cm³/mol. The van der Waals surface area contributed by atoms with E-state index in [2.05, 4.69) is 45.1 Å². The van der Waals surface area contributed by atoms with Crippen molar-refractivity contribution in [3.05, 3.63) is 29.8 Å². The summed E-state index contributed by atoms with van der Waals surface area (Å²) in [7, 11) is 0. The van der Waals surface area contributed by atoms with Crippen molar-refractivity contribution in [1.82, 2.24) is 5.32 Å². The Kier molecular flexibility index (Phi) is 6.06. The van der Waals surface area contributed by atoms with Crippen molar-refractivity contribution in [3.63, 3.8) is 0 Å². The van der Waals surface area contributed by atoms with Gasteiger partial charge in [0.2, 0.25) is 0 Å². The fourth-order valence-electron chi connectivity index (χ4n) is 1.87. The first-order chi connectivity index (χ1) is 8.15. The monoisotopic (exact) mass is 235 g/mol. The zero-order chi connectivity index (χ0) is 12.7. The smallest absolute Gasteiger partial charge is 0.120 e. The van der Waals surface area contributed by atoms with Crippen LogP contribution in [0.4, 0.5) is 0 Å². The highest BCUT2D eigenvalue weighted by Gasteiger charge is 2.07. The minimum Gasteiger partial charge on any atom is -0.489 e. The van der Waals surface area contributed by atoms with Gasteiger partial charge < -0.3 is 10.1 Å². The number of hydrogen-bond donors (Lipinski definition) is 1. The topological polar surface area (TPSA) is 21.3 Å². The third-order valence-corrected chi connectivity index (χ3v) is 3.01. The number of nitrogens with one attached hydrogen (secondary N) is 1. The second kappa shape index (κ2) is 7.33. The summed E-state index contributed by atoms with van der Waals surface area (Å²) in [6.07, 6.45) is 2.55. The Balaban J connectivity index is 2.36. The van der Waals surface area contributed by atoms with E-state index in [9.17, 15) is 0 Å². The third kappa shape index (κ3) is 5.22. The Hall–Kier alpha value is -1.02. The van der Waals surface area contributed by atoms with Gasteiger partial charge in [-0.15, -0.1) is 0 Å².